The highest BCUT2D eigenvalue weighted by Crippen LogP contribution is 2.25. The van der Waals surface area contributed by atoms with Gasteiger partial charge in [0.05, 0.1) is 23.0 Å². The molecule has 1 aromatic rings. The Balaban J connectivity index is 3.05. The molecular formula is C13H15Cl2N5O2S. The second kappa shape index (κ2) is 9.29. The van der Waals surface area contributed by atoms with E-state index in [2.05, 4.69) is 33.3 Å². The summed E-state index contributed by atoms with van der Waals surface area (Å²) >= 11 is 16.5. The number of carbonyl (C=O) groups is 1. The molecule has 0 aliphatic carbocycles. The molecule has 0 aliphatic heterocycles. The Morgan fingerprint density at radius 2 is 2.09 bits per heavy atom. The molecule has 10 heteroatoms. The zero-order valence-electron chi connectivity index (χ0n) is 12.4. The Kier molecular flexibility index (Phi) is 7.73. The van der Waals surface area contributed by atoms with E-state index in [9.17, 15) is 4.79 Å². The third kappa shape index (κ3) is 6.39. The molecule has 1 aromatic carbocycles. The molecule has 0 spiro atoms. The van der Waals surface area contributed by atoms with Crippen molar-refractivity contribution in [1.29, 1.82) is 0 Å². The molecule has 1 rings (SSSR count). The number of nitrogens with zero attached hydrogens (tertiary/aromatic N) is 2. The molecule has 0 fully saturated rings. The molecule has 0 atom stereocenters. The standard InChI is InChI=1S/C13H15Cl2N5O2S/c1-3-22-12(21)11(7(2)17-20-13(16)23)19-18-10-5-4-8(14)6-9(10)15/h4-6,18H,3H2,1-2H3,(H3,16,20,23)/b17-7?,19-11-. The summed E-state index contributed by atoms with van der Waals surface area (Å²) in [6.07, 6.45) is 0. The van der Waals surface area contributed by atoms with Crippen molar-refractivity contribution in [3.63, 3.8) is 0 Å². The largest absolute Gasteiger partial charge is 0.461 e. The van der Waals surface area contributed by atoms with Gasteiger partial charge in [-0.25, -0.2) is 4.79 Å². The molecule has 0 radical (unpaired) electrons. The van der Waals surface area contributed by atoms with E-state index >= 15 is 0 Å². The van der Waals surface area contributed by atoms with Crippen molar-refractivity contribution >= 4 is 63.6 Å². The third-order valence-corrected chi connectivity index (χ3v) is 3.00. The predicted molar refractivity (Wildman–Crippen MR) is 97.2 cm³/mol. The zero-order valence-corrected chi connectivity index (χ0v) is 14.7. The van der Waals surface area contributed by atoms with E-state index in [0.717, 1.165) is 0 Å². The maximum absolute atomic E-state index is 12.0. The number of rotatable bonds is 6. The molecule has 0 bridgehead atoms. The monoisotopic (exact) mass is 375 g/mol. The summed E-state index contributed by atoms with van der Waals surface area (Å²) in [6.45, 7) is 3.42. The van der Waals surface area contributed by atoms with Crippen LogP contribution >= 0.6 is 35.4 Å². The first-order valence-corrected chi connectivity index (χ1v) is 7.57. The van der Waals surface area contributed by atoms with E-state index in [1.807, 2.05) is 0 Å². The van der Waals surface area contributed by atoms with Crippen LogP contribution in [-0.2, 0) is 9.53 Å². The van der Waals surface area contributed by atoms with E-state index < -0.39 is 5.97 Å². The molecule has 7 nitrogen and oxygen atoms in total. The summed E-state index contributed by atoms with van der Waals surface area (Å²) in [6, 6.07) is 4.79. The normalized spacial score (nSPS) is 11.8. The quantitative estimate of drug-likeness (QED) is 0.305. The highest BCUT2D eigenvalue weighted by atomic mass is 35.5. The van der Waals surface area contributed by atoms with Crippen LogP contribution in [0.1, 0.15) is 13.8 Å². The van der Waals surface area contributed by atoms with Gasteiger partial charge in [-0.15, -0.1) is 0 Å². The fourth-order valence-electron chi connectivity index (χ4n) is 1.36. The van der Waals surface area contributed by atoms with Crippen LogP contribution < -0.4 is 16.6 Å². The summed E-state index contributed by atoms with van der Waals surface area (Å²) in [5.74, 6) is -0.656. The van der Waals surface area contributed by atoms with E-state index in [1.165, 1.54) is 0 Å². The maximum atomic E-state index is 12.0. The molecule has 4 N–H and O–H groups in total. The van der Waals surface area contributed by atoms with Crippen molar-refractivity contribution in [1.82, 2.24) is 5.43 Å². The lowest BCUT2D eigenvalue weighted by molar-refractivity contribution is -0.134. The maximum Gasteiger partial charge on any atom is 0.360 e. The lowest BCUT2D eigenvalue weighted by Crippen LogP contribution is -2.30. The smallest absolute Gasteiger partial charge is 0.360 e. The van der Waals surface area contributed by atoms with Crippen molar-refractivity contribution in [3.05, 3.63) is 28.2 Å². The third-order valence-electron chi connectivity index (χ3n) is 2.36. The van der Waals surface area contributed by atoms with Gasteiger partial charge in [0, 0.05) is 5.02 Å². The molecule has 0 saturated carbocycles. The van der Waals surface area contributed by atoms with E-state index in [-0.39, 0.29) is 23.1 Å². The number of nitrogens with two attached hydrogens (primary N) is 1. The molecule has 0 saturated heterocycles. The summed E-state index contributed by atoms with van der Waals surface area (Å²) in [5.41, 5.74) is 11.0. The number of ether oxygens (including phenoxy) is 1. The van der Waals surface area contributed by atoms with Gasteiger partial charge in [-0.2, -0.15) is 10.2 Å². The minimum absolute atomic E-state index is 0.0405. The average molecular weight is 376 g/mol. The van der Waals surface area contributed by atoms with Crippen molar-refractivity contribution in [2.24, 2.45) is 15.9 Å². The first kappa shape index (κ1) is 19.1. The molecule has 0 aliphatic rings. The fraction of sp³-hybridized carbons (Fsp3) is 0.231. The van der Waals surface area contributed by atoms with Crippen molar-refractivity contribution in [2.45, 2.75) is 13.8 Å². The lowest BCUT2D eigenvalue weighted by Gasteiger charge is -2.08. The Bertz CT molecular complexity index is 664. The van der Waals surface area contributed by atoms with Gasteiger partial charge in [0.2, 0.25) is 0 Å². The SMILES string of the molecule is CCOC(=O)/C(=N\Nc1ccc(Cl)cc1Cl)C(C)=NNC(N)=S. The summed E-state index contributed by atoms with van der Waals surface area (Å²) in [4.78, 5) is 12.0. The van der Waals surface area contributed by atoms with Crippen LogP contribution in [0.2, 0.25) is 10.0 Å². The second-order valence-corrected chi connectivity index (χ2v) is 5.37. The summed E-state index contributed by atoms with van der Waals surface area (Å²) in [5, 5.41) is 8.63. The van der Waals surface area contributed by atoms with Gasteiger partial charge in [-0.1, -0.05) is 23.2 Å². The van der Waals surface area contributed by atoms with E-state index in [4.69, 9.17) is 33.7 Å². The molecule has 0 heterocycles. The molecule has 124 valence electrons. The van der Waals surface area contributed by atoms with Crippen LogP contribution in [0.5, 0.6) is 0 Å². The number of esters is 1. The minimum Gasteiger partial charge on any atom is -0.461 e. The first-order chi connectivity index (χ1) is 10.8. The first-order valence-electron chi connectivity index (χ1n) is 6.41. The number of anilines is 1. The Morgan fingerprint density at radius 1 is 1.39 bits per heavy atom. The second-order valence-electron chi connectivity index (χ2n) is 4.09. The number of halogens is 2. The highest BCUT2D eigenvalue weighted by molar-refractivity contribution is 7.80. The molecule has 0 aromatic heterocycles. The van der Waals surface area contributed by atoms with Crippen molar-refractivity contribution in [3.8, 4) is 0 Å². The van der Waals surface area contributed by atoms with Crippen molar-refractivity contribution in [2.75, 3.05) is 12.0 Å². The van der Waals surface area contributed by atoms with Gasteiger partial charge in [0.1, 0.15) is 0 Å². The lowest BCUT2D eigenvalue weighted by atomic mass is 10.2. The predicted octanol–water partition coefficient (Wildman–Crippen LogP) is 2.53. The van der Waals surface area contributed by atoms with Crippen LogP contribution in [-0.4, -0.2) is 29.1 Å². The Labute approximate surface area is 148 Å². The molecule has 23 heavy (non-hydrogen) atoms. The summed E-state index contributed by atoms with van der Waals surface area (Å²) in [7, 11) is 0. The van der Waals surface area contributed by atoms with Gasteiger partial charge in [-0.05, 0) is 44.3 Å². The zero-order chi connectivity index (χ0) is 17.4. The van der Waals surface area contributed by atoms with E-state index in [1.54, 1.807) is 32.0 Å². The average Bonchev–Trinajstić information content (AvgIpc) is 2.47. The minimum atomic E-state index is -0.656. The van der Waals surface area contributed by atoms with Crippen molar-refractivity contribution < 1.29 is 9.53 Å². The number of thiocarbonyl (C=S) groups is 1. The number of hydrogen-bond acceptors (Lipinski definition) is 6. The number of carbonyl (C=O) groups excluding carboxylic acids is 1. The highest BCUT2D eigenvalue weighted by Gasteiger charge is 2.17. The van der Waals surface area contributed by atoms with Gasteiger partial charge in [-0.3, -0.25) is 10.9 Å². The fourth-order valence-corrected chi connectivity index (χ4v) is 1.86. The molecule has 0 unspecified atom stereocenters. The van der Waals surface area contributed by atoms with Gasteiger partial charge in [0.25, 0.3) is 0 Å². The Hall–Kier alpha value is -1.90. The number of hydrazone groups is 2. The van der Waals surface area contributed by atoms with E-state index in [0.29, 0.717) is 15.7 Å². The van der Waals surface area contributed by atoms with Crippen LogP contribution in [0.25, 0.3) is 0 Å². The van der Waals surface area contributed by atoms with Crippen LogP contribution in [0.3, 0.4) is 0 Å². The summed E-state index contributed by atoms with van der Waals surface area (Å²) < 4.78 is 4.93. The number of nitrogens with one attached hydrogen (secondary N) is 2. The van der Waals surface area contributed by atoms with Crippen LogP contribution in [0.15, 0.2) is 28.4 Å². The van der Waals surface area contributed by atoms with Crippen LogP contribution in [0.4, 0.5) is 5.69 Å². The molecule has 0 amide bonds. The van der Waals surface area contributed by atoms with Gasteiger partial charge < -0.3 is 10.5 Å². The number of hydrogen-bond donors (Lipinski definition) is 3. The Morgan fingerprint density at radius 3 is 2.65 bits per heavy atom. The van der Waals surface area contributed by atoms with Gasteiger partial charge in [0.15, 0.2) is 10.8 Å². The van der Waals surface area contributed by atoms with Gasteiger partial charge >= 0.3 is 5.97 Å². The topological polar surface area (TPSA) is 101 Å². The molecular weight excluding hydrogens is 361 g/mol. The number of benzene rings is 1. The van der Waals surface area contributed by atoms with Crippen LogP contribution in [0, 0.1) is 0 Å².